The number of alkyl halides is 5. The standard InChI is InChI=1S/C10H9F5N2O3/c1-2-3-17-7(4-6(16-17)8(18)19)20-5-9(11,12)10(13,14)15/h2,4H,1,3,5H2,(H,18,19). The molecule has 0 aromatic carbocycles. The molecule has 0 amide bonds. The fourth-order valence-corrected chi connectivity index (χ4v) is 1.12. The SMILES string of the molecule is C=CCn1nc(C(=O)O)cc1OCC(F)(F)C(F)(F)F. The van der Waals surface area contributed by atoms with E-state index in [1.54, 1.807) is 0 Å². The van der Waals surface area contributed by atoms with Crippen LogP contribution in [-0.4, -0.2) is 39.6 Å². The number of carbonyl (C=O) groups is 1. The van der Waals surface area contributed by atoms with Crippen LogP contribution in [0.2, 0.25) is 0 Å². The van der Waals surface area contributed by atoms with Gasteiger partial charge in [0.05, 0.1) is 6.54 Å². The van der Waals surface area contributed by atoms with Gasteiger partial charge < -0.3 is 9.84 Å². The van der Waals surface area contributed by atoms with Gasteiger partial charge in [-0.25, -0.2) is 9.48 Å². The molecule has 1 aromatic rings. The first-order valence-corrected chi connectivity index (χ1v) is 5.08. The number of carboxylic acid groups (broad SMARTS) is 1. The number of hydrogen-bond donors (Lipinski definition) is 1. The lowest BCUT2D eigenvalue weighted by molar-refractivity contribution is -0.290. The molecule has 0 aliphatic heterocycles. The van der Waals surface area contributed by atoms with Gasteiger partial charge >= 0.3 is 18.1 Å². The molecular weight excluding hydrogens is 291 g/mol. The van der Waals surface area contributed by atoms with E-state index in [1.807, 2.05) is 0 Å². The maximum atomic E-state index is 12.7. The Balaban J connectivity index is 2.91. The minimum Gasteiger partial charge on any atom is -0.476 e. The predicted molar refractivity (Wildman–Crippen MR) is 55.9 cm³/mol. The van der Waals surface area contributed by atoms with Crippen LogP contribution in [0, 0.1) is 0 Å². The number of allylic oxidation sites excluding steroid dienone is 1. The van der Waals surface area contributed by atoms with Crippen molar-refractivity contribution in [3.05, 3.63) is 24.4 Å². The van der Waals surface area contributed by atoms with Crippen molar-refractivity contribution in [3.63, 3.8) is 0 Å². The number of carboxylic acids is 1. The molecule has 20 heavy (non-hydrogen) atoms. The number of ether oxygens (including phenoxy) is 1. The van der Waals surface area contributed by atoms with E-state index >= 15 is 0 Å². The van der Waals surface area contributed by atoms with Gasteiger partial charge in [-0.1, -0.05) is 6.08 Å². The van der Waals surface area contributed by atoms with Gasteiger partial charge in [-0.3, -0.25) is 0 Å². The van der Waals surface area contributed by atoms with Gasteiger partial charge in [0, 0.05) is 6.07 Å². The Kier molecular flexibility index (Phi) is 4.36. The largest absolute Gasteiger partial charge is 0.476 e. The molecule has 5 nitrogen and oxygen atoms in total. The fraction of sp³-hybridized carbons (Fsp3) is 0.400. The van der Waals surface area contributed by atoms with Gasteiger partial charge in [-0.15, -0.1) is 6.58 Å². The van der Waals surface area contributed by atoms with Crippen molar-refractivity contribution in [1.29, 1.82) is 0 Å². The molecule has 1 heterocycles. The van der Waals surface area contributed by atoms with Gasteiger partial charge in [0.25, 0.3) is 0 Å². The summed E-state index contributed by atoms with van der Waals surface area (Å²) in [5.41, 5.74) is -0.544. The third-order valence-electron chi connectivity index (χ3n) is 2.08. The van der Waals surface area contributed by atoms with Crippen LogP contribution in [0.4, 0.5) is 22.0 Å². The summed E-state index contributed by atoms with van der Waals surface area (Å²) in [7, 11) is 0. The molecule has 0 aliphatic carbocycles. The van der Waals surface area contributed by atoms with Crippen LogP contribution in [0.25, 0.3) is 0 Å². The third kappa shape index (κ3) is 3.45. The number of aromatic carboxylic acids is 1. The van der Waals surface area contributed by atoms with Crippen LogP contribution in [0.1, 0.15) is 10.5 Å². The summed E-state index contributed by atoms with van der Waals surface area (Å²) in [5, 5.41) is 12.1. The van der Waals surface area contributed by atoms with E-state index in [0.717, 1.165) is 10.7 Å². The molecule has 112 valence electrons. The average molecular weight is 300 g/mol. The Hall–Kier alpha value is -2.13. The van der Waals surface area contributed by atoms with Crippen molar-refractivity contribution < 1.29 is 36.6 Å². The molecule has 0 unspecified atom stereocenters. The second kappa shape index (κ2) is 5.47. The number of aromatic nitrogens is 2. The van der Waals surface area contributed by atoms with Gasteiger partial charge in [0.15, 0.2) is 12.3 Å². The van der Waals surface area contributed by atoms with Crippen LogP contribution >= 0.6 is 0 Å². The quantitative estimate of drug-likeness (QED) is 0.647. The summed E-state index contributed by atoms with van der Waals surface area (Å²) < 4.78 is 66.4. The second-order valence-electron chi connectivity index (χ2n) is 3.63. The highest BCUT2D eigenvalue weighted by Crippen LogP contribution is 2.35. The van der Waals surface area contributed by atoms with E-state index in [2.05, 4.69) is 16.4 Å². The first kappa shape index (κ1) is 15.9. The lowest BCUT2D eigenvalue weighted by Crippen LogP contribution is -2.42. The van der Waals surface area contributed by atoms with E-state index in [9.17, 15) is 26.7 Å². The molecule has 1 N–H and O–H groups in total. The van der Waals surface area contributed by atoms with E-state index in [1.165, 1.54) is 6.08 Å². The number of halogens is 5. The first-order valence-electron chi connectivity index (χ1n) is 5.08. The summed E-state index contributed by atoms with van der Waals surface area (Å²) in [5.74, 6) is -7.05. The topological polar surface area (TPSA) is 64.4 Å². The normalized spacial score (nSPS) is 12.2. The van der Waals surface area contributed by atoms with Crippen LogP contribution in [0.3, 0.4) is 0 Å². The molecule has 0 spiro atoms. The molecule has 1 rings (SSSR count). The molecule has 0 bridgehead atoms. The summed E-state index contributed by atoms with van der Waals surface area (Å²) in [6, 6.07) is 0.748. The van der Waals surface area contributed by atoms with Gasteiger partial charge in [0.1, 0.15) is 0 Å². The van der Waals surface area contributed by atoms with Crippen molar-refractivity contribution in [2.75, 3.05) is 6.61 Å². The molecular formula is C10H9F5N2O3. The minimum absolute atomic E-state index is 0.111. The van der Waals surface area contributed by atoms with Crippen LogP contribution in [0.5, 0.6) is 5.88 Å². The molecule has 0 radical (unpaired) electrons. The molecule has 1 aromatic heterocycles. The lowest BCUT2D eigenvalue weighted by Gasteiger charge is -2.19. The maximum Gasteiger partial charge on any atom is 0.456 e. The molecule has 0 saturated heterocycles. The van der Waals surface area contributed by atoms with Crippen molar-refractivity contribution in [1.82, 2.24) is 9.78 Å². The number of nitrogens with zero attached hydrogens (tertiary/aromatic N) is 2. The van der Waals surface area contributed by atoms with Crippen LogP contribution in [0.15, 0.2) is 18.7 Å². The molecule has 0 saturated carbocycles. The Morgan fingerprint density at radius 2 is 2.05 bits per heavy atom. The fourth-order valence-electron chi connectivity index (χ4n) is 1.12. The predicted octanol–water partition coefficient (Wildman–Crippen LogP) is 2.34. The monoisotopic (exact) mass is 300 g/mol. The van der Waals surface area contributed by atoms with E-state index in [0.29, 0.717) is 0 Å². The Bertz CT molecular complexity index is 509. The summed E-state index contributed by atoms with van der Waals surface area (Å²) >= 11 is 0. The highest BCUT2D eigenvalue weighted by Gasteiger charge is 2.58. The summed E-state index contributed by atoms with van der Waals surface area (Å²) in [6.07, 6.45) is -4.51. The summed E-state index contributed by atoms with van der Waals surface area (Å²) in [6.45, 7) is 1.22. The van der Waals surface area contributed by atoms with Crippen LogP contribution in [-0.2, 0) is 6.54 Å². The maximum absolute atomic E-state index is 12.7. The van der Waals surface area contributed by atoms with Crippen molar-refractivity contribution in [2.45, 2.75) is 18.6 Å². The number of rotatable bonds is 6. The Morgan fingerprint density at radius 3 is 2.50 bits per heavy atom. The Labute approximate surface area is 109 Å². The second-order valence-corrected chi connectivity index (χ2v) is 3.63. The molecule has 0 fully saturated rings. The van der Waals surface area contributed by atoms with Crippen molar-refractivity contribution in [2.24, 2.45) is 0 Å². The molecule has 0 aliphatic rings. The minimum atomic E-state index is -5.76. The highest BCUT2D eigenvalue weighted by atomic mass is 19.4. The van der Waals surface area contributed by atoms with Crippen molar-refractivity contribution in [3.8, 4) is 5.88 Å². The molecule has 10 heteroatoms. The third-order valence-corrected chi connectivity index (χ3v) is 2.08. The average Bonchev–Trinajstić information content (AvgIpc) is 2.69. The van der Waals surface area contributed by atoms with Gasteiger partial charge in [0.2, 0.25) is 5.88 Å². The zero-order valence-electron chi connectivity index (χ0n) is 9.82. The summed E-state index contributed by atoms with van der Waals surface area (Å²) in [4.78, 5) is 10.6. The first-order chi connectivity index (χ1) is 9.08. The van der Waals surface area contributed by atoms with E-state index in [-0.39, 0.29) is 6.54 Å². The molecule has 0 atom stereocenters. The van der Waals surface area contributed by atoms with E-state index in [4.69, 9.17) is 5.11 Å². The van der Waals surface area contributed by atoms with Gasteiger partial charge in [-0.05, 0) is 0 Å². The zero-order chi connectivity index (χ0) is 15.6. The highest BCUT2D eigenvalue weighted by molar-refractivity contribution is 5.85. The smallest absolute Gasteiger partial charge is 0.456 e. The Morgan fingerprint density at radius 1 is 1.45 bits per heavy atom. The zero-order valence-corrected chi connectivity index (χ0v) is 9.82. The van der Waals surface area contributed by atoms with Crippen molar-refractivity contribution >= 4 is 5.97 Å². The lowest BCUT2D eigenvalue weighted by atomic mass is 10.3. The van der Waals surface area contributed by atoms with Gasteiger partial charge in [-0.2, -0.15) is 27.1 Å². The van der Waals surface area contributed by atoms with Crippen LogP contribution < -0.4 is 4.74 Å². The van der Waals surface area contributed by atoms with E-state index < -0.39 is 36.2 Å². The number of hydrogen-bond acceptors (Lipinski definition) is 3.